The number of para-hydroxylation sites is 1. The fourth-order valence-corrected chi connectivity index (χ4v) is 3.78. The average molecular weight is 335 g/mol. The van der Waals surface area contributed by atoms with Gasteiger partial charge in [-0.05, 0) is 35.7 Å². The molecule has 6 heteroatoms. The fourth-order valence-electron chi connectivity index (χ4n) is 2.82. The Kier molecular flexibility index (Phi) is 3.90. The molecule has 2 aromatic heterocycles. The number of thioether (sulfide) groups is 1. The lowest BCUT2D eigenvalue weighted by atomic mass is 10.0. The molecule has 4 aromatic rings. The van der Waals surface area contributed by atoms with E-state index in [4.69, 9.17) is 4.98 Å². The van der Waals surface area contributed by atoms with Crippen molar-refractivity contribution >= 4 is 33.4 Å². The summed E-state index contributed by atoms with van der Waals surface area (Å²) in [4.78, 5) is 4.88. The molecule has 0 N–H and O–H groups in total. The summed E-state index contributed by atoms with van der Waals surface area (Å²) in [7, 11) is 0. The molecule has 0 aliphatic carbocycles. The van der Waals surface area contributed by atoms with Crippen molar-refractivity contribution in [1.29, 1.82) is 0 Å². The molecule has 4 rings (SSSR count). The number of pyridine rings is 1. The van der Waals surface area contributed by atoms with Crippen LogP contribution in [0.4, 0.5) is 0 Å². The molecule has 0 saturated heterocycles. The highest BCUT2D eigenvalue weighted by Crippen LogP contribution is 2.30. The molecule has 0 radical (unpaired) electrons. The van der Waals surface area contributed by atoms with Gasteiger partial charge in [0.15, 0.2) is 0 Å². The van der Waals surface area contributed by atoms with E-state index in [1.165, 1.54) is 16.2 Å². The predicted molar refractivity (Wildman–Crippen MR) is 97.0 cm³/mol. The largest absolute Gasteiger partial charge is 0.251 e. The average Bonchev–Trinajstić information content (AvgIpc) is 3.08. The molecule has 0 spiro atoms. The fraction of sp³-hybridized carbons (Fsp3) is 0.222. The van der Waals surface area contributed by atoms with E-state index in [2.05, 4.69) is 71.8 Å². The van der Waals surface area contributed by atoms with E-state index in [-0.39, 0.29) is 6.04 Å². The molecule has 0 amide bonds. The number of benzene rings is 2. The molecular formula is C18H17N5S. The lowest BCUT2D eigenvalue weighted by Crippen LogP contribution is -2.05. The molecule has 0 bridgehead atoms. The zero-order valence-corrected chi connectivity index (χ0v) is 14.4. The molecule has 24 heavy (non-hydrogen) atoms. The Balaban J connectivity index is 1.76. The molecule has 0 aliphatic heterocycles. The monoisotopic (exact) mass is 335 g/mol. The molecule has 0 fully saturated rings. The Morgan fingerprint density at radius 2 is 1.67 bits per heavy atom. The molecule has 2 heterocycles. The van der Waals surface area contributed by atoms with Crippen LogP contribution in [-0.2, 0) is 5.75 Å². The van der Waals surface area contributed by atoms with Gasteiger partial charge in [-0.3, -0.25) is 4.98 Å². The van der Waals surface area contributed by atoms with Crippen LogP contribution in [0.25, 0.3) is 21.7 Å². The van der Waals surface area contributed by atoms with Crippen LogP contribution >= 0.6 is 11.8 Å². The second-order valence-electron chi connectivity index (χ2n) is 5.91. The van der Waals surface area contributed by atoms with Crippen LogP contribution in [-0.4, -0.2) is 25.2 Å². The van der Waals surface area contributed by atoms with Crippen molar-refractivity contribution in [2.24, 2.45) is 0 Å². The zero-order valence-electron chi connectivity index (χ0n) is 13.5. The lowest BCUT2D eigenvalue weighted by molar-refractivity contribution is 0.477. The van der Waals surface area contributed by atoms with Gasteiger partial charge in [-0.25, -0.2) is 4.68 Å². The predicted octanol–water partition coefficient (Wildman–Crippen LogP) is 4.25. The first-order chi connectivity index (χ1) is 11.7. The number of tetrazole rings is 1. The maximum absolute atomic E-state index is 4.88. The molecule has 5 nitrogen and oxygen atoms in total. The molecule has 120 valence electrons. The van der Waals surface area contributed by atoms with Gasteiger partial charge in [0.1, 0.15) is 0 Å². The van der Waals surface area contributed by atoms with Crippen molar-refractivity contribution in [2.45, 2.75) is 30.8 Å². The maximum Gasteiger partial charge on any atom is 0.209 e. The second-order valence-corrected chi connectivity index (χ2v) is 6.85. The van der Waals surface area contributed by atoms with Crippen molar-refractivity contribution < 1.29 is 0 Å². The summed E-state index contributed by atoms with van der Waals surface area (Å²) in [6, 6.07) is 16.9. The number of fused-ring (bicyclic) bond motifs is 3. The highest BCUT2D eigenvalue weighted by molar-refractivity contribution is 7.98. The molecule has 0 saturated carbocycles. The van der Waals surface area contributed by atoms with Crippen LogP contribution in [0.3, 0.4) is 0 Å². The Bertz CT molecular complexity index is 1010. The zero-order chi connectivity index (χ0) is 16.5. The van der Waals surface area contributed by atoms with Gasteiger partial charge in [0.2, 0.25) is 5.16 Å². The topological polar surface area (TPSA) is 56.5 Å². The van der Waals surface area contributed by atoms with Gasteiger partial charge in [-0.1, -0.05) is 54.2 Å². The van der Waals surface area contributed by atoms with E-state index in [0.29, 0.717) is 0 Å². The standard InChI is InChI=1S/C18H17N5S/c1-12(2)23-18(20-21-22-23)24-11-17-15-9-4-3-7-13(15)14-8-5-6-10-16(14)19-17/h3-10,12H,11H2,1-2H3. The Morgan fingerprint density at radius 1 is 0.958 bits per heavy atom. The van der Waals surface area contributed by atoms with E-state index >= 15 is 0 Å². The third-order valence-electron chi connectivity index (χ3n) is 3.98. The van der Waals surface area contributed by atoms with Crippen LogP contribution in [0.5, 0.6) is 0 Å². The number of rotatable bonds is 4. The van der Waals surface area contributed by atoms with E-state index in [1.807, 2.05) is 10.7 Å². The van der Waals surface area contributed by atoms with Crippen LogP contribution in [0.2, 0.25) is 0 Å². The summed E-state index contributed by atoms with van der Waals surface area (Å²) in [6.07, 6.45) is 0. The lowest BCUT2D eigenvalue weighted by Gasteiger charge is -2.10. The van der Waals surface area contributed by atoms with Crippen molar-refractivity contribution in [3.63, 3.8) is 0 Å². The van der Waals surface area contributed by atoms with Gasteiger partial charge in [-0.15, -0.1) is 5.10 Å². The first-order valence-electron chi connectivity index (χ1n) is 7.91. The molecule has 0 unspecified atom stereocenters. The van der Waals surface area contributed by atoms with Crippen LogP contribution < -0.4 is 0 Å². The van der Waals surface area contributed by atoms with Crippen molar-refractivity contribution in [3.05, 3.63) is 54.2 Å². The Hall–Kier alpha value is -2.47. The molecular weight excluding hydrogens is 318 g/mol. The minimum Gasteiger partial charge on any atom is -0.251 e. The first kappa shape index (κ1) is 15.1. The first-order valence-corrected chi connectivity index (χ1v) is 8.89. The summed E-state index contributed by atoms with van der Waals surface area (Å²) in [6.45, 7) is 4.15. The van der Waals surface area contributed by atoms with E-state index < -0.39 is 0 Å². The van der Waals surface area contributed by atoms with Gasteiger partial charge >= 0.3 is 0 Å². The van der Waals surface area contributed by atoms with Gasteiger partial charge < -0.3 is 0 Å². The summed E-state index contributed by atoms with van der Waals surface area (Å²) in [5.74, 6) is 0.735. The van der Waals surface area contributed by atoms with Crippen molar-refractivity contribution in [1.82, 2.24) is 25.2 Å². The highest BCUT2D eigenvalue weighted by Gasteiger charge is 2.13. The third-order valence-corrected chi connectivity index (χ3v) is 4.92. The van der Waals surface area contributed by atoms with Crippen LogP contribution in [0, 0.1) is 0 Å². The van der Waals surface area contributed by atoms with Crippen LogP contribution in [0.1, 0.15) is 25.6 Å². The number of nitrogens with zero attached hydrogens (tertiary/aromatic N) is 5. The summed E-state index contributed by atoms with van der Waals surface area (Å²) >= 11 is 1.62. The maximum atomic E-state index is 4.88. The second kappa shape index (κ2) is 6.20. The quantitative estimate of drug-likeness (QED) is 0.412. The van der Waals surface area contributed by atoms with Crippen LogP contribution in [0.15, 0.2) is 53.7 Å². The minimum absolute atomic E-state index is 0.240. The number of aromatic nitrogens is 5. The SMILES string of the molecule is CC(C)n1nnnc1SCc1nc2ccccc2c2ccccc12. The van der Waals surface area contributed by atoms with E-state index in [9.17, 15) is 0 Å². The highest BCUT2D eigenvalue weighted by atomic mass is 32.2. The van der Waals surface area contributed by atoms with Gasteiger partial charge in [0.25, 0.3) is 0 Å². The van der Waals surface area contributed by atoms with E-state index in [0.717, 1.165) is 22.1 Å². The molecule has 0 aliphatic rings. The smallest absolute Gasteiger partial charge is 0.209 e. The van der Waals surface area contributed by atoms with Gasteiger partial charge in [-0.2, -0.15) is 0 Å². The van der Waals surface area contributed by atoms with E-state index in [1.54, 1.807) is 11.8 Å². The number of hydrogen-bond acceptors (Lipinski definition) is 5. The summed E-state index contributed by atoms with van der Waals surface area (Å²) in [5.41, 5.74) is 2.09. The third kappa shape index (κ3) is 2.63. The summed E-state index contributed by atoms with van der Waals surface area (Å²) in [5, 5.41) is 16.4. The minimum atomic E-state index is 0.240. The van der Waals surface area contributed by atoms with Crippen molar-refractivity contribution in [2.75, 3.05) is 0 Å². The van der Waals surface area contributed by atoms with Gasteiger partial charge in [0.05, 0.1) is 17.3 Å². The Labute approximate surface area is 144 Å². The normalized spacial score (nSPS) is 11.6. The Morgan fingerprint density at radius 3 is 2.46 bits per heavy atom. The summed E-state index contributed by atoms with van der Waals surface area (Å²) < 4.78 is 1.84. The number of hydrogen-bond donors (Lipinski definition) is 0. The van der Waals surface area contributed by atoms with Crippen molar-refractivity contribution in [3.8, 4) is 0 Å². The molecule has 0 atom stereocenters. The molecule has 2 aromatic carbocycles. The van der Waals surface area contributed by atoms with Gasteiger partial charge in [0, 0.05) is 16.5 Å².